The van der Waals surface area contributed by atoms with Crippen molar-refractivity contribution in [1.82, 2.24) is 27.4 Å². The van der Waals surface area contributed by atoms with E-state index in [9.17, 15) is 0 Å². The van der Waals surface area contributed by atoms with Gasteiger partial charge in [-0.3, -0.25) is 0 Å². The number of benzene rings is 15. The first-order valence-corrected chi connectivity index (χ1v) is 40.8. The largest absolute Gasteiger partial charge is 0.451 e. The SMILES string of the molecule is Cn1c2ccccc2c2c3c(ccc21)N=c1c(Cl)c2c(c(Cl)c1O3)=Nc1ccc3c(c1O2)c1ccccc1n3C.Cn1c2ccccc2c2cc3c(cc21)Oc1c(Cl)c2c(c(Cl)c1=N3)Oc1c(ccc3c1c1ccccc1n3C)N=2.Cn1c2ccccc2c2cc3c(cc21)Oc1c(Cl)c2c(c(Cl)c1=N3)Oc1cc3c(cc1N=2)c1ccccc1n3C. The Bertz CT molecular complexity index is 8370. The lowest BCUT2D eigenvalue weighted by atomic mass is 10.1. The van der Waals surface area contributed by atoms with E-state index in [0.29, 0.717) is 165 Å². The minimum absolute atomic E-state index is 0.310. The smallest absolute Gasteiger partial charge is 0.175 e. The number of aromatic nitrogens is 6. The van der Waals surface area contributed by atoms with Crippen LogP contribution in [0.1, 0.15) is 0 Å². The zero-order valence-corrected chi connectivity index (χ0v) is 68.4. The summed E-state index contributed by atoms with van der Waals surface area (Å²) < 4.78 is 51.8. The fourth-order valence-corrected chi connectivity index (χ4v) is 20.2. The molecule has 0 radical (unpaired) electrons. The molecule has 0 bridgehead atoms. The van der Waals surface area contributed by atoms with Crippen LogP contribution in [-0.2, 0) is 42.3 Å². The van der Waals surface area contributed by atoms with Gasteiger partial charge in [-0.05, 0) is 91.0 Å². The first kappa shape index (κ1) is 69.5. The van der Waals surface area contributed by atoms with Crippen molar-refractivity contribution in [2.24, 2.45) is 72.2 Å². The molecule has 6 aliphatic rings. The highest BCUT2D eigenvalue weighted by molar-refractivity contribution is 6.37. The molecule has 6 aromatic heterocycles. The highest BCUT2D eigenvalue weighted by Crippen LogP contribution is 2.54. The van der Waals surface area contributed by atoms with E-state index in [1.165, 1.54) is 0 Å². The van der Waals surface area contributed by atoms with Crippen molar-refractivity contribution < 1.29 is 28.4 Å². The van der Waals surface area contributed by atoms with E-state index >= 15 is 0 Å². The van der Waals surface area contributed by atoms with Gasteiger partial charge < -0.3 is 55.8 Å². The van der Waals surface area contributed by atoms with Crippen LogP contribution >= 0.6 is 69.6 Å². The normalized spacial score (nSPS) is 13.3. The Morgan fingerprint density at radius 3 is 0.658 bits per heavy atom. The number of halogens is 6. The lowest BCUT2D eigenvalue weighted by Crippen LogP contribution is -2.22. The first-order chi connectivity index (χ1) is 58.5. The van der Waals surface area contributed by atoms with Gasteiger partial charge in [-0.1, -0.05) is 179 Å². The maximum atomic E-state index is 7.01. The topological polar surface area (TPSA) is 159 Å². The first-order valence-electron chi connectivity index (χ1n) is 38.5. The van der Waals surface area contributed by atoms with Crippen molar-refractivity contribution in [1.29, 1.82) is 0 Å². The van der Waals surface area contributed by atoms with Crippen molar-refractivity contribution >= 4 is 235 Å². The van der Waals surface area contributed by atoms with Gasteiger partial charge in [-0.15, -0.1) is 0 Å². The van der Waals surface area contributed by atoms with E-state index < -0.39 is 0 Å². The van der Waals surface area contributed by atoms with Gasteiger partial charge in [-0.2, -0.15) is 0 Å². The van der Waals surface area contributed by atoms with Gasteiger partial charge in [0.15, 0.2) is 69.0 Å². The summed E-state index contributed by atoms with van der Waals surface area (Å²) in [5.74, 6) is 6.02. The Balaban J connectivity index is 0.0000000997. The van der Waals surface area contributed by atoms with E-state index in [4.69, 9.17) is 128 Å². The number of ether oxygens (including phenoxy) is 6. The Kier molecular flexibility index (Phi) is 14.5. The monoisotopic (exact) mass is 1680 g/mol. The Hall–Kier alpha value is -13.6. The molecule has 12 heterocycles. The average Bonchev–Trinajstić information content (AvgIpc) is 1.64. The molecule has 24 heteroatoms. The summed E-state index contributed by atoms with van der Waals surface area (Å²) in [5, 5.41) is 17.3. The molecule has 27 rings (SSSR count). The Labute approximate surface area is 707 Å². The van der Waals surface area contributed by atoms with Gasteiger partial charge in [0.25, 0.3) is 0 Å². The summed E-state index contributed by atoms with van der Waals surface area (Å²) in [4.78, 5) is 29.6. The molecule has 15 aromatic carbocycles. The van der Waals surface area contributed by atoms with E-state index in [2.05, 4.69) is 118 Å². The molecule has 576 valence electrons. The molecule has 0 atom stereocenters. The van der Waals surface area contributed by atoms with Gasteiger partial charge in [0.05, 0.1) is 49.3 Å². The summed E-state index contributed by atoms with van der Waals surface area (Å²) >= 11 is 41.9. The maximum absolute atomic E-state index is 7.01. The molecule has 21 aromatic rings. The molecular formula is C96H54Cl6N12O6. The van der Waals surface area contributed by atoms with Crippen LogP contribution in [0.2, 0.25) is 30.1 Å². The summed E-state index contributed by atoms with van der Waals surface area (Å²) in [5.41, 5.74) is 17.0. The number of hydrogen-bond donors (Lipinski definition) is 0. The van der Waals surface area contributed by atoms with Crippen molar-refractivity contribution in [2.45, 2.75) is 0 Å². The zero-order chi connectivity index (χ0) is 80.6. The summed E-state index contributed by atoms with van der Waals surface area (Å²) in [6.07, 6.45) is 0. The molecule has 0 spiro atoms. The van der Waals surface area contributed by atoms with Gasteiger partial charge in [-0.25, -0.2) is 30.0 Å². The molecule has 0 saturated carbocycles. The van der Waals surface area contributed by atoms with Gasteiger partial charge >= 0.3 is 0 Å². The Morgan fingerprint density at radius 1 is 0.192 bits per heavy atom. The van der Waals surface area contributed by atoms with Gasteiger partial charge in [0.1, 0.15) is 96.4 Å². The van der Waals surface area contributed by atoms with Crippen LogP contribution in [0.25, 0.3) is 131 Å². The van der Waals surface area contributed by atoms with Crippen LogP contribution in [0.5, 0.6) is 69.0 Å². The number of para-hydroxylation sites is 6. The van der Waals surface area contributed by atoms with Crippen molar-refractivity contribution in [3.05, 3.63) is 281 Å². The van der Waals surface area contributed by atoms with E-state index in [1.54, 1.807) is 0 Å². The summed E-state index contributed by atoms with van der Waals surface area (Å²) in [6, 6.07) is 73.7. The van der Waals surface area contributed by atoms with E-state index in [1.807, 2.05) is 170 Å². The number of fused-ring (bicyclic) bond motifs is 33. The Morgan fingerprint density at radius 2 is 0.400 bits per heavy atom. The third-order valence-corrected chi connectivity index (χ3v) is 26.5. The lowest BCUT2D eigenvalue weighted by molar-refractivity contribution is 0.452. The molecule has 120 heavy (non-hydrogen) atoms. The average molecular weight is 1680 g/mol. The van der Waals surface area contributed by atoms with E-state index in [-0.39, 0.29) is 0 Å². The van der Waals surface area contributed by atoms with Crippen LogP contribution in [0.3, 0.4) is 0 Å². The van der Waals surface area contributed by atoms with Crippen LogP contribution in [-0.4, -0.2) is 27.4 Å². The molecule has 0 aliphatic carbocycles. The highest BCUT2D eigenvalue weighted by Gasteiger charge is 2.35. The second kappa shape index (κ2) is 25.0. The summed E-state index contributed by atoms with van der Waals surface area (Å²) in [7, 11) is 12.3. The number of hydrogen-bond acceptors (Lipinski definition) is 12. The van der Waals surface area contributed by atoms with E-state index in [0.717, 1.165) is 131 Å². The maximum Gasteiger partial charge on any atom is 0.175 e. The molecule has 0 amide bonds. The van der Waals surface area contributed by atoms with Crippen LogP contribution in [0, 0.1) is 0 Å². The molecule has 6 aliphatic heterocycles. The van der Waals surface area contributed by atoms with Crippen molar-refractivity contribution in [2.75, 3.05) is 0 Å². The van der Waals surface area contributed by atoms with Crippen LogP contribution < -0.4 is 60.6 Å². The number of nitrogens with zero attached hydrogens (tertiary/aromatic N) is 12. The molecule has 0 fully saturated rings. The minimum atomic E-state index is 0.310. The second-order valence-electron chi connectivity index (χ2n) is 30.6. The van der Waals surface area contributed by atoms with Gasteiger partial charge in [0, 0.05) is 142 Å². The van der Waals surface area contributed by atoms with Crippen molar-refractivity contribution in [3.8, 4) is 69.0 Å². The lowest BCUT2D eigenvalue weighted by Gasteiger charge is -2.21. The molecule has 0 N–H and O–H groups in total. The number of rotatable bonds is 0. The minimum Gasteiger partial charge on any atom is -0.451 e. The molecule has 0 unspecified atom stereocenters. The second-order valence-corrected chi connectivity index (χ2v) is 32.9. The van der Waals surface area contributed by atoms with Crippen LogP contribution in [0.15, 0.2) is 248 Å². The van der Waals surface area contributed by atoms with Crippen LogP contribution in [0.4, 0.5) is 34.1 Å². The third kappa shape index (κ3) is 9.47. The molecular weight excluding hydrogens is 1630 g/mol. The summed E-state index contributed by atoms with van der Waals surface area (Å²) in [6.45, 7) is 0. The number of aryl methyl sites for hydroxylation is 6. The predicted molar refractivity (Wildman–Crippen MR) is 477 cm³/mol. The van der Waals surface area contributed by atoms with Gasteiger partial charge in [0.2, 0.25) is 0 Å². The highest BCUT2D eigenvalue weighted by atomic mass is 35.5. The third-order valence-electron chi connectivity index (χ3n) is 24.4. The molecule has 0 saturated heterocycles. The quantitative estimate of drug-likeness (QED) is 0.147. The standard InChI is InChI=1S/3C32H18Cl2N4O2/c1-37-21-9-5-3-7-15(21)17-11-19-25(13-23(17)37)39-31-27(33)30-32(28(34)29(31)35-19)40-26-14-24-18(12-20(26)36-30)16-8-4-6-10-22(16)38(24)2;1-37-19-9-5-3-7-15(19)23-21(37)13-11-17-29(23)39-31-25(33)28-32(26(34)27(31)35-17)40-30-18(36-28)12-14-22-24(30)16-8-4-6-10-20(16)38(22)2;1-37-21-10-6-4-8-16(21)25-22(37)12-11-18-30(25)40-32-27(34)28-31(26(33)29(32)35-18)39-24-14-23-17(13-19(24)36-28)15-7-3-5-9-20(15)38(23)2/h3*3-14H,1-2H3. The molecule has 18 nitrogen and oxygen atoms in total. The fraction of sp³-hybridized carbons (Fsp3) is 0.0625. The predicted octanol–water partition coefficient (Wildman–Crippen LogP) is 25.2. The van der Waals surface area contributed by atoms with Crippen molar-refractivity contribution in [3.63, 3.8) is 0 Å². The fourth-order valence-electron chi connectivity index (χ4n) is 18.6. The zero-order valence-electron chi connectivity index (χ0n) is 63.9.